The number of pyridine rings is 1. The number of aromatic nitrogens is 3. The minimum atomic E-state index is -0.0664. The van der Waals surface area contributed by atoms with E-state index in [4.69, 9.17) is 9.72 Å². The Hall–Kier alpha value is -6.55. The third kappa shape index (κ3) is 7.77. The first-order valence-corrected chi connectivity index (χ1v) is 24.4. The average molecular weight is 1040 g/mol. The van der Waals surface area contributed by atoms with Crippen LogP contribution in [0.4, 0.5) is 11.5 Å². The van der Waals surface area contributed by atoms with Crippen LogP contribution in [0.2, 0.25) is 0 Å². The fraction of sp³-hybridized carbons (Fsp3) is 0.200. The number of ether oxygens (including phenoxy) is 1. The van der Waals surface area contributed by atoms with E-state index in [1.54, 1.807) is 0 Å². The van der Waals surface area contributed by atoms with Gasteiger partial charge >= 0.3 is 322 Å². The van der Waals surface area contributed by atoms with Gasteiger partial charge in [0, 0.05) is 11.8 Å². The van der Waals surface area contributed by atoms with Gasteiger partial charge in [0.05, 0.1) is 0 Å². The Labute approximate surface area is 399 Å². The van der Waals surface area contributed by atoms with Gasteiger partial charge in [-0.3, -0.25) is 0 Å². The van der Waals surface area contributed by atoms with Crippen molar-refractivity contribution in [2.45, 2.75) is 64.7 Å². The van der Waals surface area contributed by atoms with E-state index in [-0.39, 0.29) is 5.41 Å². The molecule has 1 fully saturated rings. The van der Waals surface area contributed by atoms with Crippen molar-refractivity contribution < 1.29 is 24.1 Å². The number of hydrogen-bond donors (Lipinski definition) is 0. The van der Waals surface area contributed by atoms with Crippen molar-refractivity contribution in [2.75, 3.05) is 11.4 Å². The molecule has 0 bridgehead atoms. The first kappa shape index (κ1) is 42.1. The summed E-state index contributed by atoms with van der Waals surface area (Å²) in [5.41, 5.74) is 16.1. The van der Waals surface area contributed by atoms with Crippen molar-refractivity contribution in [3.8, 4) is 56.3 Å². The third-order valence-electron chi connectivity index (χ3n) is 13.7. The van der Waals surface area contributed by atoms with Gasteiger partial charge < -0.3 is 0 Å². The second kappa shape index (κ2) is 17.3. The molecule has 0 N–H and O–H groups in total. The SMILES string of the molecule is Cc1cc(N2CC3CCCCC3c3ccc(Oc4[c-]c(-n5[c](=[Pt])n(-c6c(-c7ccccc7)cc(C(C)(C)C)cc6-c6ccccc6)c6ccccc65)ccc4)[c-]c32)ncc1-c1ccccc1. The molecule has 0 spiro atoms. The molecule has 0 amide bonds. The first-order valence-electron chi connectivity index (χ1n) is 23.2. The molecule has 66 heavy (non-hydrogen) atoms. The summed E-state index contributed by atoms with van der Waals surface area (Å²) >= 11 is 2.51. The topological polar surface area (TPSA) is 35.2 Å². The van der Waals surface area contributed by atoms with Crippen LogP contribution >= 0.6 is 0 Å². The molecule has 0 radical (unpaired) electrons. The van der Waals surface area contributed by atoms with E-state index in [1.807, 2.05) is 12.3 Å². The molecule has 7 aromatic carbocycles. The number of imidazole rings is 1. The van der Waals surface area contributed by atoms with Crippen molar-refractivity contribution in [1.82, 2.24) is 14.1 Å². The Kier molecular flexibility index (Phi) is 11.1. The molecule has 1 saturated carbocycles. The van der Waals surface area contributed by atoms with Crippen LogP contribution in [-0.2, 0) is 24.8 Å². The minimum absolute atomic E-state index is 0.0664. The zero-order chi connectivity index (χ0) is 44.9. The van der Waals surface area contributed by atoms with Crippen LogP contribution in [0.3, 0.4) is 0 Å². The summed E-state index contributed by atoms with van der Waals surface area (Å²) in [6.07, 6.45) is 7.02. The van der Waals surface area contributed by atoms with E-state index in [0.29, 0.717) is 23.3 Å². The van der Waals surface area contributed by atoms with Gasteiger partial charge in [-0.05, 0) is 24.5 Å². The van der Waals surface area contributed by atoms with Gasteiger partial charge in [-0.1, -0.05) is 43.2 Å². The summed E-state index contributed by atoms with van der Waals surface area (Å²) < 4.78 is 12.6. The van der Waals surface area contributed by atoms with Crippen molar-refractivity contribution in [2.24, 2.45) is 5.92 Å². The van der Waals surface area contributed by atoms with Crippen molar-refractivity contribution in [3.05, 3.63) is 203 Å². The molecule has 2 aromatic heterocycles. The quantitative estimate of drug-likeness (QED) is 0.142. The predicted molar refractivity (Wildman–Crippen MR) is 266 cm³/mol. The van der Waals surface area contributed by atoms with E-state index in [1.165, 1.54) is 70.2 Å². The molecular weight excluding hydrogens is 988 g/mol. The van der Waals surface area contributed by atoms with E-state index in [0.717, 1.165) is 49.8 Å². The second-order valence-electron chi connectivity index (χ2n) is 18.9. The molecule has 2 aliphatic rings. The molecule has 6 heteroatoms. The van der Waals surface area contributed by atoms with Gasteiger partial charge in [0.2, 0.25) is 0 Å². The average Bonchev–Trinajstić information content (AvgIpc) is 3.64. The molecule has 330 valence electrons. The summed E-state index contributed by atoms with van der Waals surface area (Å²) in [5.74, 6) is 3.35. The maximum absolute atomic E-state index is 6.79. The van der Waals surface area contributed by atoms with Crippen molar-refractivity contribution >= 4 is 22.5 Å². The van der Waals surface area contributed by atoms with Crippen LogP contribution in [-0.4, -0.2) is 20.7 Å². The zero-order valence-corrected chi connectivity index (χ0v) is 40.1. The number of benzene rings is 7. The molecule has 0 saturated heterocycles. The van der Waals surface area contributed by atoms with E-state index >= 15 is 0 Å². The van der Waals surface area contributed by atoms with Crippen LogP contribution < -0.4 is 9.64 Å². The molecule has 1 aliphatic heterocycles. The Morgan fingerprint density at radius 2 is 1.21 bits per heavy atom. The fourth-order valence-electron chi connectivity index (χ4n) is 10.3. The Bertz CT molecular complexity index is 3230. The maximum atomic E-state index is 6.79. The number of para-hydroxylation sites is 2. The van der Waals surface area contributed by atoms with Gasteiger partial charge in [0.1, 0.15) is 0 Å². The van der Waals surface area contributed by atoms with Gasteiger partial charge in [-0.2, -0.15) is 0 Å². The fourth-order valence-corrected chi connectivity index (χ4v) is 11.4. The second-order valence-corrected chi connectivity index (χ2v) is 19.9. The van der Waals surface area contributed by atoms with Gasteiger partial charge in [-0.15, -0.1) is 0 Å². The molecule has 11 rings (SSSR count). The number of anilines is 2. The molecule has 1 aliphatic carbocycles. The summed E-state index contributed by atoms with van der Waals surface area (Å²) in [5, 5.41) is 0. The number of nitrogens with zero attached hydrogens (tertiary/aromatic N) is 4. The number of fused-ring (bicyclic) bond motifs is 4. The van der Waals surface area contributed by atoms with Crippen LogP contribution in [0.5, 0.6) is 11.5 Å². The van der Waals surface area contributed by atoms with Crippen molar-refractivity contribution in [1.29, 1.82) is 0 Å². The van der Waals surface area contributed by atoms with Crippen LogP contribution in [0.15, 0.2) is 170 Å². The standard InChI is InChI=1S/C60H52N4O.Pt/c1-41-33-58(61-38-54(41)44-23-12-7-13-24-44)62-39-45-25-14-15-28-50(45)51-32-31-49(37-57(51)62)65-48-27-18-26-47(36-48)63-40-64(56-30-17-16-29-55(56)63)59-52(42-19-8-5-9-20-42)34-46(60(2,3)4)35-53(59)43-21-10-6-11-22-43;/h5-13,16-24,26-27,29-35,38,45,50H,14-15,25,28,39H2,1-4H3;/q-2;. The summed E-state index contributed by atoms with van der Waals surface area (Å²) in [7, 11) is 0. The summed E-state index contributed by atoms with van der Waals surface area (Å²) in [6, 6.07) is 66.0. The number of rotatable bonds is 8. The summed E-state index contributed by atoms with van der Waals surface area (Å²) in [4.78, 5) is 7.50. The summed E-state index contributed by atoms with van der Waals surface area (Å²) in [6.45, 7) is 10.0. The normalized spacial score (nSPS) is 15.9. The van der Waals surface area contributed by atoms with Gasteiger partial charge in [0.15, 0.2) is 0 Å². The van der Waals surface area contributed by atoms with E-state index < -0.39 is 0 Å². The number of aryl methyl sites for hydroxylation is 1. The number of hydrogen-bond acceptors (Lipinski definition) is 3. The predicted octanol–water partition coefficient (Wildman–Crippen LogP) is 15.3. The molecule has 9 aromatic rings. The molecular formula is C60H52N4OPt-2. The Morgan fingerprint density at radius 1 is 0.621 bits per heavy atom. The molecule has 5 nitrogen and oxygen atoms in total. The van der Waals surface area contributed by atoms with E-state index in [2.05, 4.69) is 231 Å². The molecule has 3 heterocycles. The third-order valence-corrected chi connectivity index (χ3v) is 14.7. The van der Waals surface area contributed by atoms with Crippen molar-refractivity contribution in [3.63, 3.8) is 0 Å². The van der Waals surface area contributed by atoms with Gasteiger partial charge in [-0.25, -0.2) is 0 Å². The smallest absolute Gasteiger partial charge is 0.0622 e. The van der Waals surface area contributed by atoms with E-state index in [9.17, 15) is 0 Å². The van der Waals surface area contributed by atoms with Gasteiger partial charge in [0.25, 0.3) is 0 Å². The molecule has 2 atom stereocenters. The first-order chi connectivity index (χ1) is 32.2. The van der Waals surface area contributed by atoms with Crippen LogP contribution in [0, 0.1) is 28.8 Å². The Morgan fingerprint density at radius 3 is 1.85 bits per heavy atom. The monoisotopic (exact) mass is 1040 g/mol. The Balaban J connectivity index is 1.01. The minimum Gasteiger partial charge on any atom is -0.0622 e. The van der Waals surface area contributed by atoms with Crippen LogP contribution in [0.25, 0.3) is 55.8 Å². The van der Waals surface area contributed by atoms with Crippen LogP contribution in [0.1, 0.15) is 69.1 Å². The zero-order valence-electron chi connectivity index (χ0n) is 37.9. The molecule has 2 unspecified atom stereocenters.